The summed E-state index contributed by atoms with van der Waals surface area (Å²) >= 11 is 0. The lowest BCUT2D eigenvalue weighted by Crippen LogP contribution is -1.99. The number of hydrogen-bond acceptors (Lipinski definition) is 5. The Hall–Kier alpha value is -1.62. The average molecular weight is 196 g/mol. The summed E-state index contributed by atoms with van der Waals surface area (Å²) in [6.07, 6.45) is 3.11. The number of aryl methyl sites for hydroxylation is 1. The standard InChI is InChI=1S/C9H12N2O3/c1-2-8-9(13)7(4-11-14)6(5-12)3-10-8/h3-4,12-14H,2,5H2,1H3/b11-4+. The SMILES string of the molecule is CCc1ncc(CO)c(/C=N/O)c1O. The van der Waals surface area contributed by atoms with Crippen LogP contribution in [0, 0.1) is 0 Å². The summed E-state index contributed by atoms with van der Waals surface area (Å²) in [5.41, 5.74) is 1.25. The van der Waals surface area contributed by atoms with Gasteiger partial charge < -0.3 is 15.4 Å². The van der Waals surface area contributed by atoms with E-state index in [0.29, 0.717) is 23.2 Å². The van der Waals surface area contributed by atoms with E-state index in [-0.39, 0.29) is 12.4 Å². The number of pyridine rings is 1. The van der Waals surface area contributed by atoms with Crippen LogP contribution < -0.4 is 0 Å². The van der Waals surface area contributed by atoms with Crippen molar-refractivity contribution in [1.29, 1.82) is 0 Å². The molecule has 14 heavy (non-hydrogen) atoms. The predicted octanol–water partition coefficient (Wildman–Crippen LogP) is 0.650. The van der Waals surface area contributed by atoms with Crippen LogP contribution >= 0.6 is 0 Å². The van der Waals surface area contributed by atoms with E-state index in [1.165, 1.54) is 6.20 Å². The summed E-state index contributed by atoms with van der Waals surface area (Å²) in [6, 6.07) is 0. The second kappa shape index (κ2) is 4.57. The Morgan fingerprint density at radius 1 is 1.57 bits per heavy atom. The first kappa shape index (κ1) is 10.5. The number of rotatable bonds is 3. The van der Waals surface area contributed by atoms with Crippen molar-refractivity contribution in [3.63, 3.8) is 0 Å². The van der Waals surface area contributed by atoms with E-state index in [2.05, 4.69) is 10.1 Å². The molecule has 0 spiro atoms. The molecule has 0 radical (unpaired) electrons. The van der Waals surface area contributed by atoms with Crippen LogP contribution in [0.25, 0.3) is 0 Å². The van der Waals surface area contributed by atoms with Gasteiger partial charge in [0.15, 0.2) is 0 Å². The van der Waals surface area contributed by atoms with Gasteiger partial charge >= 0.3 is 0 Å². The summed E-state index contributed by atoms with van der Waals surface area (Å²) in [4.78, 5) is 3.96. The Kier molecular flexibility index (Phi) is 3.41. The van der Waals surface area contributed by atoms with Crippen molar-refractivity contribution in [2.24, 2.45) is 5.16 Å². The molecule has 0 aliphatic heterocycles. The number of aliphatic hydroxyl groups excluding tert-OH is 1. The molecular formula is C9H12N2O3. The highest BCUT2D eigenvalue weighted by atomic mass is 16.4. The van der Waals surface area contributed by atoms with Crippen LogP contribution in [-0.2, 0) is 13.0 Å². The third kappa shape index (κ3) is 1.82. The predicted molar refractivity (Wildman–Crippen MR) is 50.6 cm³/mol. The average Bonchev–Trinajstić information content (AvgIpc) is 2.21. The molecule has 1 aromatic heterocycles. The molecule has 1 heterocycles. The van der Waals surface area contributed by atoms with E-state index in [1.54, 1.807) is 0 Å². The van der Waals surface area contributed by atoms with Crippen molar-refractivity contribution < 1.29 is 15.4 Å². The number of aromatic nitrogens is 1. The fourth-order valence-corrected chi connectivity index (χ4v) is 1.18. The summed E-state index contributed by atoms with van der Waals surface area (Å²) in [6.45, 7) is 1.59. The molecule has 0 saturated heterocycles. The highest BCUT2D eigenvalue weighted by Crippen LogP contribution is 2.22. The third-order valence-electron chi connectivity index (χ3n) is 1.94. The molecular weight excluding hydrogens is 184 g/mol. The Balaban J connectivity index is 3.31. The van der Waals surface area contributed by atoms with Crippen LogP contribution in [0.5, 0.6) is 5.75 Å². The minimum Gasteiger partial charge on any atom is -0.505 e. The van der Waals surface area contributed by atoms with E-state index >= 15 is 0 Å². The minimum atomic E-state index is -0.258. The topological polar surface area (TPSA) is 85.9 Å². The van der Waals surface area contributed by atoms with Gasteiger partial charge in [-0.15, -0.1) is 0 Å². The van der Waals surface area contributed by atoms with Gasteiger partial charge in [-0.3, -0.25) is 4.98 Å². The number of nitrogens with zero attached hydrogens (tertiary/aromatic N) is 2. The summed E-state index contributed by atoms with van der Waals surface area (Å²) in [7, 11) is 0. The molecule has 76 valence electrons. The van der Waals surface area contributed by atoms with Crippen LogP contribution in [0.4, 0.5) is 0 Å². The zero-order chi connectivity index (χ0) is 10.6. The van der Waals surface area contributed by atoms with E-state index in [9.17, 15) is 5.11 Å². The molecule has 5 heteroatoms. The fraction of sp³-hybridized carbons (Fsp3) is 0.333. The molecule has 1 aromatic rings. The molecule has 0 bridgehead atoms. The maximum Gasteiger partial charge on any atom is 0.146 e. The van der Waals surface area contributed by atoms with Crippen molar-refractivity contribution in [2.75, 3.05) is 0 Å². The van der Waals surface area contributed by atoms with Gasteiger partial charge in [-0.2, -0.15) is 0 Å². The Labute approximate surface area is 81.3 Å². The highest BCUT2D eigenvalue weighted by molar-refractivity contribution is 5.85. The normalized spacial score (nSPS) is 11.0. The van der Waals surface area contributed by atoms with Crippen LogP contribution in [-0.4, -0.2) is 26.6 Å². The van der Waals surface area contributed by atoms with Crippen molar-refractivity contribution in [3.05, 3.63) is 23.0 Å². The van der Waals surface area contributed by atoms with Crippen molar-refractivity contribution in [3.8, 4) is 5.75 Å². The zero-order valence-corrected chi connectivity index (χ0v) is 7.80. The first-order valence-corrected chi connectivity index (χ1v) is 4.22. The summed E-state index contributed by atoms with van der Waals surface area (Å²) in [5.74, 6) is -0.0446. The Morgan fingerprint density at radius 2 is 2.29 bits per heavy atom. The van der Waals surface area contributed by atoms with Crippen LogP contribution in [0.2, 0.25) is 0 Å². The van der Waals surface area contributed by atoms with E-state index in [0.717, 1.165) is 6.21 Å². The van der Waals surface area contributed by atoms with Gasteiger partial charge in [0, 0.05) is 17.3 Å². The molecule has 0 fully saturated rings. The lowest BCUT2D eigenvalue weighted by Gasteiger charge is -2.07. The van der Waals surface area contributed by atoms with Gasteiger partial charge in [-0.1, -0.05) is 12.1 Å². The van der Waals surface area contributed by atoms with Crippen molar-refractivity contribution in [2.45, 2.75) is 20.0 Å². The molecule has 0 aliphatic carbocycles. The zero-order valence-electron chi connectivity index (χ0n) is 7.80. The monoisotopic (exact) mass is 196 g/mol. The van der Waals surface area contributed by atoms with Crippen LogP contribution in [0.1, 0.15) is 23.7 Å². The van der Waals surface area contributed by atoms with Gasteiger partial charge in [0.1, 0.15) is 5.75 Å². The molecule has 1 rings (SSSR count). The van der Waals surface area contributed by atoms with Gasteiger partial charge in [-0.25, -0.2) is 0 Å². The first-order chi connectivity index (χ1) is 6.74. The minimum absolute atomic E-state index is 0.0446. The van der Waals surface area contributed by atoms with Gasteiger partial charge in [0.25, 0.3) is 0 Å². The lowest BCUT2D eigenvalue weighted by molar-refractivity contribution is 0.280. The largest absolute Gasteiger partial charge is 0.505 e. The van der Waals surface area contributed by atoms with Gasteiger partial charge in [0.2, 0.25) is 0 Å². The van der Waals surface area contributed by atoms with Gasteiger partial charge in [0.05, 0.1) is 18.5 Å². The molecule has 0 amide bonds. The molecule has 3 N–H and O–H groups in total. The van der Waals surface area contributed by atoms with E-state index < -0.39 is 0 Å². The highest BCUT2D eigenvalue weighted by Gasteiger charge is 2.10. The molecule has 0 saturated carbocycles. The van der Waals surface area contributed by atoms with Crippen LogP contribution in [0.15, 0.2) is 11.4 Å². The molecule has 0 atom stereocenters. The quantitative estimate of drug-likeness (QED) is 0.376. The molecule has 5 nitrogen and oxygen atoms in total. The molecule has 0 aromatic carbocycles. The summed E-state index contributed by atoms with van der Waals surface area (Å²) < 4.78 is 0. The van der Waals surface area contributed by atoms with Gasteiger partial charge in [-0.05, 0) is 6.42 Å². The number of aromatic hydroxyl groups is 1. The van der Waals surface area contributed by atoms with E-state index in [4.69, 9.17) is 10.3 Å². The number of aliphatic hydroxyl groups is 1. The summed E-state index contributed by atoms with van der Waals surface area (Å²) in [5, 5.41) is 29.8. The number of oxime groups is 1. The van der Waals surface area contributed by atoms with Crippen molar-refractivity contribution in [1.82, 2.24) is 4.98 Å². The van der Waals surface area contributed by atoms with Crippen LogP contribution in [0.3, 0.4) is 0 Å². The molecule has 0 unspecified atom stereocenters. The smallest absolute Gasteiger partial charge is 0.146 e. The second-order valence-electron chi connectivity index (χ2n) is 2.75. The first-order valence-electron chi connectivity index (χ1n) is 4.22. The van der Waals surface area contributed by atoms with E-state index in [1.807, 2.05) is 6.92 Å². The maximum absolute atomic E-state index is 9.66. The molecule has 0 aliphatic rings. The Bertz CT molecular complexity index is 350. The second-order valence-corrected chi connectivity index (χ2v) is 2.75. The lowest BCUT2D eigenvalue weighted by atomic mass is 10.1. The van der Waals surface area contributed by atoms with Crippen molar-refractivity contribution >= 4 is 6.21 Å². The maximum atomic E-state index is 9.66. The Morgan fingerprint density at radius 3 is 2.79 bits per heavy atom. The third-order valence-corrected chi connectivity index (χ3v) is 1.94. The number of hydrogen-bond donors (Lipinski definition) is 3. The fourth-order valence-electron chi connectivity index (χ4n) is 1.18.